The van der Waals surface area contributed by atoms with Crippen LogP contribution in [-0.2, 0) is 11.3 Å². The van der Waals surface area contributed by atoms with Crippen LogP contribution in [-0.4, -0.2) is 51.7 Å². The van der Waals surface area contributed by atoms with Gasteiger partial charge in [-0.3, -0.25) is 4.79 Å². The summed E-state index contributed by atoms with van der Waals surface area (Å²) in [5.41, 5.74) is 4.17. The van der Waals surface area contributed by atoms with Gasteiger partial charge in [0.05, 0.1) is 0 Å². The Kier molecular flexibility index (Phi) is 4.81. The Morgan fingerprint density at radius 3 is 2.53 bits per heavy atom. The van der Waals surface area contributed by atoms with Crippen molar-refractivity contribution in [3.63, 3.8) is 0 Å². The Morgan fingerprint density at radius 2 is 1.83 bits per heavy atom. The molecule has 156 valence electrons. The SMILES string of the molecule is Cc1cc(C)n(CC(=O)N2CCN(c3ccccc3)CC2)c1-c1nc(C2CC2)no1. The summed E-state index contributed by atoms with van der Waals surface area (Å²) in [4.78, 5) is 22.0. The lowest BCUT2D eigenvalue weighted by Gasteiger charge is -2.36. The minimum absolute atomic E-state index is 0.129. The van der Waals surface area contributed by atoms with Crippen molar-refractivity contribution in [3.05, 3.63) is 53.5 Å². The van der Waals surface area contributed by atoms with E-state index in [1.165, 1.54) is 5.69 Å². The van der Waals surface area contributed by atoms with Crippen molar-refractivity contribution >= 4 is 11.6 Å². The number of anilines is 1. The van der Waals surface area contributed by atoms with E-state index in [9.17, 15) is 4.79 Å². The minimum atomic E-state index is 0.129. The standard InChI is InChI=1S/C23H27N5O2/c1-16-14-17(2)28(21(16)23-24-22(25-30-23)18-8-9-18)15-20(29)27-12-10-26(11-13-27)19-6-4-3-5-7-19/h3-7,14,18H,8-13,15H2,1-2H3. The summed E-state index contributed by atoms with van der Waals surface area (Å²) in [6.07, 6.45) is 2.26. The molecule has 0 radical (unpaired) electrons. The average Bonchev–Trinajstić information content (AvgIpc) is 3.44. The first-order chi connectivity index (χ1) is 14.6. The van der Waals surface area contributed by atoms with E-state index >= 15 is 0 Å². The minimum Gasteiger partial charge on any atom is -0.368 e. The first kappa shape index (κ1) is 18.9. The van der Waals surface area contributed by atoms with Gasteiger partial charge in [-0.05, 0) is 50.5 Å². The molecule has 30 heavy (non-hydrogen) atoms. The van der Waals surface area contributed by atoms with Crippen LogP contribution >= 0.6 is 0 Å². The molecule has 1 saturated carbocycles. The Hall–Kier alpha value is -3.09. The summed E-state index contributed by atoms with van der Waals surface area (Å²) in [6, 6.07) is 12.5. The molecule has 1 aliphatic heterocycles. The molecule has 1 amide bonds. The van der Waals surface area contributed by atoms with Crippen LogP contribution in [0.25, 0.3) is 11.6 Å². The normalized spacial score (nSPS) is 16.9. The van der Waals surface area contributed by atoms with E-state index in [1.807, 2.05) is 29.4 Å². The highest BCUT2D eigenvalue weighted by molar-refractivity contribution is 5.77. The summed E-state index contributed by atoms with van der Waals surface area (Å²) in [6.45, 7) is 7.50. The molecule has 2 fully saturated rings. The number of benzene rings is 1. The number of carbonyl (C=O) groups is 1. The molecule has 1 aliphatic carbocycles. The first-order valence-corrected chi connectivity index (χ1v) is 10.7. The number of rotatable bonds is 5. The van der Waals surface area contributed by atoms with Crippen molar-refractivity contribution in [1.82, 2.24) is 19.6 Å². The Bertz CT molecular complexity index is 1040. The topological polar surface area (TPSA) is 67.4 Å². The number of piperazine rings is 1. The van der Waals surface area contributed by atoms with Crippen LogP contribution in [0, 0.1) is 13.8 Å². The van der Waals surface area contributed by atoms with Crippen molar-refractivity contribution in [2.75, 3.05) is 31.1 Å². The number of carbonyl (C=O) groups excluding carboxylic acids is 1. The molecule has 3 heterocycles. The Labute approximate surface area is 176 Å². The van der Waals surface area contributed by atoms with E-state index in [4.69, 9.17) is 4.52 Å². The third-order valence-corrected chi connectivity index (χ3v) is 6.13. The van der Waals surface area contributed by atoms with Crippen LogP contribution in [0.15, 0.2) is 40.9 Å². The zero-order chi connectivity index (χ0) is 20.7. The second-order valence-electron chi connectivity index (χ2n) is 8.34. The third-order valence-electron chi connectivity index (χ3n) is 6.13. The van der Waals surface area contributed by atoms with Gasteiger partial charge >= 0.3 is 0 Å². The van der Waals surface area contributed by atoms with Gasteiger partial charge in [0.1, 0.15) is 12.2 Å². The largest absolute Gasteiger partial charge is 0.368 e. The summed E-state index contributed by atoms with van der Waals surface area (Å²) < 4.78 is 7.58. The van der Waals surface area contributed by atoms with Gasteiger partial charge in [-0.2, -0.15) is 4.98 Å². The molecule has 2 aromatic heterocycles. The van der Waals surface area contributed by atoms with Gasteiger partial charge in [0.25, 0.3) is 5.89 Å². The smallest absolute Gasteiger partial charge is 0.274 e. The molecule has 0 atom stereocenters. The summed E-state index contributed by atoms with van der Waals surface area (Å²) in [7, 11) is 0. The summed E-state index contributed by atoms with van der Waals surface area (Å²) in [5, 5.41) is 4.15. The second kappa shape index (κ2) is 7.63. The molecule has 0 unspecified atom stereocenters. The van der Waals surface area contributed by atoms with Gasteiger partial charge in [0.2, 0.25) is 5.91 Å². The molecule has 0 N–H and O–H groups in total. The number of aryl methyl sites for hydroxylation is 2. The maximum atomic E-state index is 13.1. The maximum Gasteiger partial charge on any atom is 0.274 e. The van der Waals surface area contributed by atoms with Gasteiger partial charge in [0, 0.05) is 43.5 Å². The second-order valence-corrected chi connectivity index (χ2v) is 8.34. The van der Waals surface area contributed by atoms with Gasteiger partial charge < -0.3 is 18.9 Å². The third kappa shape index (κ3) is 3.60. The monoisotopic (exact) mass is 405 g/mol. The lowest BCUT2D eigenvalue weighted by Crippen LogP contribution is -2.49. The van der Waals surface area contributed by atoms with E-state index < -0.39 is 0 Å². The highest BCUT2D eigenvalue weighted by Crippen LogP contribution is 2.39. The summed E-state index contributed by atoms with van der Waals surface area (Å²) in [5.74, 6) is 1.88. The van der Waals surface area contributed by atoms with Gasteiger partial charge in [0.15, 0.2) is 5.82 Å². The molecule has 0 bridgehead atoms. The number of para-hydroxylation sites is 1. The highest BCUT2D eigenvalue weighted by Gasteiger charge is 2.30. The molecule has 0 spiro atoms. The van der Waals surface area contributed by atoms with E-state index in [2.05, 4.69) is 45.4 Å². The van der Waals surface area contributed by atoms with Crippen molar-refractivity contribution < 1.29 is 9.32 Å². The van der Waals surface area contributed by atoms with Crippen molar-refractivity contribution in [3.8, 4) is 11.6 Å². The number of nitrogens with zero attached hydrogens (tertiary/aromatic N) is 5. The van der Waals surface area contributed by atoms with Crippen LogP contribution in [0.4, 0.5) is 5.69 Å². The molecule has 1 saturated heterocycles. The number of hydrogen-bond acceptors (Lipinski definition) is 5. The lowest BCUT2D eigenvalue weighted by atomic mass is 10.2. The predicted molar refractivity (Wildman–Crippen MR) is 114 cm³/mol. The van der Waals surface area contributed by atoms with E-state index in [0.29, 0.717) is 18.4 Å². The molecular weight excluding hydrogens is 378 g/mol. The van der Waals surface area contributed by atoms with Crippen molar-refractivity contribution in [2.45, 2.75) is 39.2 Å². The zero-order valence-electron chi connectivity index (χ0n) is 17.5. The van der Waals surface area contributed by atoms with Gasteiger partial charge in [-0.15, -0.1) is 0 Å². The Morgan fingerprint density at radius 1 is 1.10 bits per heavy atom. The number of amides is 1. The molecule has 1 aromatic carbocycles. The number of hydrogen-bond donors (Lipinski definition) is 0. The van der Waals surface area contributed by atoms with Crippen LogP contribution in [0.3, 0.4) is 0 Å². The fraction of sp³-hybridized carbons (Fsp3) is 0.435. The number of aromatic nitrogens is 3. The molecule has 7 heteroatoms. The summed E-state index contributed by atoms with van der Waals surface area (Å²) >= 11 is 0. The predicted octanol–water partition coefficient (Wildman–Crippen LogP) is 3.38. The molecule has 7 nitrogen and oxygen atoms in total. The van der Waals surface area contributed by atoms with Crippen molar-refractivity contribution in [1.29, 1.82) is 0 Å². The lowest BCUT2D eigenvalue weighted by molar-refractivity contribution is -0.132. The van der Waals surface area contributed by atoms with Gasteiger partial charge in [-0.1, -0.05) is 23.4 Å². The molecule has 3 aromatic rings. The van der Waals surface area contributed by atoms with Crippen molar-refractivity contribution in [2.24, 2.45) is 0 Å². The first-order valence-electron chi connectivity index (χ1n) is 10.7. The van der Waals surface area contributed by atoms with E-state index in [-0.39, 0.29) is 5.91 Å². The molecule has 5 rings (SSSR count). The van der Waals surface area contributed by atoms with Crippen LogP contribution in [0.1, 0.15) is 35.8 Å². The van der Waals surface area contributed by atoms with Gasteiger partial charge in [-0.25, -0.2) is 0 Å². The van der Waals surface area contributed by atoms with E-state index in [0.717, 1.165) is 61.8 Å². The van der Waals surface area contributed by atoms with Crippen LogP contribution in [0.2, 0.25) is 0 Å². The maximum absolute atomic E-state index is 13.1. The average molecular weight is 406 g/mol. The molecule has 2 aliphatic rings. The molecular formula is C23H27N5O2. The zero-order valence-corrected chi connectivity index (χ0v) is 17.5. The fourth-order valence-corrected chi connectivity index (χ4v) is 4.26. The quantitative estimate of drug-likeness (QED) is 0.651. The van der Waals surface area contributed by atoms with Crippen LogP contribution < -0.4 is 4.90 Å². The van der Waals surface area contributed by atoms with E-state index in [1.54, 1.807) is 0 Å². The Balaban J connectivity index is 1.29. The van der Waals surface area contributed by atoms with Crippen LogP contribution in [0.5, 0.6) is 0 Å². The highest BCUT2D eigenvalue weighted by atomic mass is 16.5. The fourth-order valence-electron chi connectivity index (χ4n) is 4.26.